The van der Waals surface area contributed by atoms with Crippen molar-refractivity contribution in [3.05, 3.63) is 143 Å². The van der Waals surface area contributed by atoms with Crippen molar-refractivity contribution in [1.29, 1.82) is 0 Å². The Hall–Kier alpha value is -5.36. The summed E-state index contributed by atoms with van der Waals surface area (Å²) in [6.07, 6.45) is 10.6. The van der Waals surface area contributed by atoms with E-state index in [1.54, 1.807) is 18.7 Å². The van der Waals surface area contributed by atoms with Crippen LogP contribution in [0, 0.1) is 0 Å². The van der Waals surface area contributed by atoms with Gasteiger partial charge in [0, 0.05) is 54.5 Å². The highest BCUT2D eigenvalue weighted by Gasteiger charge is 2.43. The van der Waals surface area contributed by atoms with Crippen LogP contribution < -0.4 is 9.80 Å². The zero-order valence-electron chi connectivity index (χ0n) is 32.4. The fraction of sp³-hybridized carbons (Fsp3) is 0.319. The number of carbonyl (C=O) groups is 2. The number of ether oxygens (including phenoxy) is 1. The number of carbonyl (C=O) groups excluding carboxylic acids is 2. The van der Waals surface area contributed by atoms with Gasteiger partial charge in [-0.1, -0.05) is 113 Å². The minimum Gasteiger partial charge on any atom is -0.460 e. The Morgan fingerprint density at radius 2 is 1.47 bits per heavy atom. The lowest BCUT2D eigenvalue weighted by Crippen LogP contribution is -2.37. The number of esters is 1. The van der Waals surface area contributed by atoms with Crippen molar-refractivity contribution < 1.29 is 14.3 Å². The van der Waals surface area contributed by atoms with Gasteiger partial charge in [-0.15, -0.1) is 0 Å². The highest BCUT2D eigenvalue weighted by molar-refractivity contribution is 5.95. The van der Waals surface area contributed by atoms with E-state index in [2.05, 4.69) is 155 Å². The Morgan fingerprint density at radius 1 is 0.849 bits per heavy atom. The first kappa shape index (κ1) is 36.0. The number of amides is 1. The van der Waals surface area contributed by atoms with Gasteiger partial charge in [-0.05, 0) is 81.8 Å². The number of allylic oxidation sites excluding steroid dienone is 6. The first-order valence-corrected chi connectivity index (χ1v) is 18.7. The molecule has 0 saturated heterocycles. The second-order valence-electron chi connectivity index (χ2n) is 15.9. The zero-order valence-corrected chi connectivity index (χ0v) is 32.4. The molecule has 0 N–H and O–H groups in total. The average molecular weight is 706 g/mol. The molecule has 6 heteroatoms. The van der Waals surface area contributed by atoms with Crippen LogP contribution in [0.25, 0.3) is 21.5 Å². The van der Waals surface area contributed by atoms with E-state index in [0.29, 0.717) is 5.57 Å². The number of anilines is 2. The topological polar surface area (TPSA) is 53.1 Å². The molecule has 1 aliphatic carbocycles. The van der Waals surface area contributed by atoms with E-state index in [1.165, 1.54) is 49.7 Å². The SMILES string of the molecule is C=C(C)C(=O)OCCN(C(C)=O)C1=C(/C=C/C2N(C)c3ccc4ccccc4c3C2(C)C)CC/C1=C\C=C1\N(C)c2ccc3ccccc3c2C1(C)C. The number of hydrogen-bond donors (Lipinski definition) is 0. The lowest BCUT2D eigenvalue weighted by molar-refractivity contribution is -0.140. The normalized spacial score (nSPS) is 20.3. The van der Waals surface area contributed by atoms with E-state index in [0.717, 1.165) is 29.7 Å². The van der Waals surface area contributed by atoms with Gasteiger partial charge in [0.25, 0.3) is 0 Å². The Morgan fingerprint density at radius 3 is 2.11 bits per heavy atom. The number of benzene rings is 4. The quantitative estimate of drug-likeness (QED) is 0.135. The third kappa shape index (κ3) is 6.08. The van der Waals surface area contributed by atoms with Crippen molar-refractivity contribution in [2.45, 2.75) is 71.3 Å². The highest BCUT2D eigenvalue weighted by atomic mass is 16.5. The van der Waals surface area contributed by atoms with Gasteiger partial charge in [0.05, 0.1) is 18.3 Å². The molecule has 4 aromatic rings. The fourth-order valence-electron chi connectivity index (χ4n) is 9.13. The first-order chi connectivity index (χ1) is 25.2. The lowest BCUT2D eigenvalue weighted by atomic mass is 9.78. The third-order valence-electron chi connectivity index (χ3n) is 11.7. The molecule has 53 heavy (non-hydrogen) atoms. The Bertz CT molecular complexity index is 2300. The van der Waals surface area contributed by atoms with E-state index >= 15 is 0 Å². The van der Waals surface area contributed by atoms with E-state index in [4.69, 9.17) is 4.74 Å². The summed E-state index contributed by atoms with van der Waals surface area (Å²) < 4.78 is 5.50. The first-order valence-electron chi connectivity index (χ1n) is 18.7. The third-order valence-corrected chi connectivity index (χ3v) is 11.7. The molecule has 0 spiro atoms. The summed E-state index contributed by atoms with van der Waals surface area (Å²) in [5.74, 6) is -0.543. The molecule has 1 unspecified atom stereocenters. The van der Waals surface area contributed by atoms with Crippen LogP contribution in [0.3, 0.4) is 0 Å². The number of nitrogens with zero attached hydrogens (tertiary/aromatic N) is 3. The Kier molecular flexibility index (Phi) is 9.22. The molecule has 0 bridgehead atoms. The van der Waals surface area contributed by atoms with Gasteiger partial charge in [0.1, 0.15) is 6.61 Å². The zero-order chi connectivity index (χ0) is 37.8. The summed E-state index contributed by atoms with van der Waals surface area (Å²) in [7, 11) is 4.32. The summed E-state index contributed by atoms with van der Waals surface area (Å²) in [6, 6.07) is 26.2. The van der Waals surface area contributed by atoms with Crippen LogP contribution in [-0.4, -0.2) is 50.1 Å². The summed E-state index contributed by atoms with van der Waals surface area (Å²) in [6.45, 7) is 16.5. The van der Waals surface area contributed by atoms with Crippen molar-refractivity contribution in [2.24, 2.45) is 0 Å². The predicted octanol–water partition coefficient (Wildman–Crippen LogP) is 9.90. The molecule has 7 rings (SSSR count). The fourth-order valence-corrected chi connectivity index (χ4v) is 9.13. The average Bonchev–Trinajstić information content (AvgIpc) is 3.68. The Balaban J connectivity index is 1.29. The van der Waals surface area contributed by atoms with Crippen LogP contribution in [-0.2, 0) is 25.2 Å². The number of hydrogen-bond acceptors (Lipinski definition) is 5. The summed E-state index contributed by atoms with van der Waals surface area (Å²) in [4.78, 5) is 32.2. The van der Waals surface area contributed by atoms with Crippen molar-refractivity contribution >= 4 is 44.8 Å². The van der Waals surface area contributed by atoms with E-state index in [-0.39, 0.29) is 35.9 Å². The molecule has 6 nitrogen and oxygen atoms in total. The van der Waals surface area contributed by atoms with Crippen molar-refractivity contribution in [2.75, 3.05) is 37.0 Å². The minimum absolute atomic E-state index is 0.0824. The molecule has 0 aromatic heterocycles. The van der Waals surface area contributed by atoms with Gasteiger partial charge in [-0.2, -0.15) is 0 Å². The number of rotatable bonds is 8. The van der Waals surface area contributed by atoms with Crippen LogP contribution in [0.1, 0.15) is 65.5 Å². The second-order valence-corrected chi connectivity index (χ2v) is 15.9. The van der Waals surface area contributed by atoms with Crippen LogP contribution in [0.15, 0.2) is 132 Å². The largest absolute Gasteiger partial charge is 0.460 e. The molecule has 2 heterocycles. The molecular weight excluding hydrogens is 655 g/mol. The maximum atomic E-state index is 13.5. The smallest absolute Gasteiger partial charge is 0.333 e. The molecule has 2 aliphatic heterocycles. The number of likely N-dealkylation sites (N-methyl/N-ethyl adjacent to an activating group) is 2. The van der Waals surface area contributed by atoms with Crippen LogP contribution in [0.4, 0.5) is 11.4 Å². The molecule has 0 fully saturated rings. The van der Waals surface area contributed by atoms with Crippen LogP contribution in [0.2, 0.25) is 0 Å². The summed E-state index contributed by atoms with van der Waals surface area (Å²) >= 11 is 0. The molecule has 3 aliphatic rings. The standard InChI is InChI=1S/C47H51N3O3/c1-30(2)45(52)53-29-28-50(31(3)51)44-34(22-26-40-46(4,5)42-36-16-12-10-14-32(36)20-24-38(42)48(40)8)18-19-35(44)23-27-41-47(6,7)43-37-17-13-11-15-33(37)21-25-39(43)49(41)9/h10-17,20-27,40H,1,18-19,28-29H2,2-9H3/b26-22+,35-23+,41-27+. The summed E-state index contributed by atoms with van der Waals surface area (Å²) in [5, 5.41) is 5.05. The van der Waals surface area contributed by atoms with Crippen molar-refractivity contribution in [1.82, 2.24) is 4.90 Å². The number of fused-ring (bicyclic) bond motifs is 6. The Labute approximate surface area is 314 Å². The summed E-state index contributed by atoms with van der Waals surface area (Å²) in [5.41, 5.74) is 9.40. The molecule has 4 aromatic carbocycles. The van der Waals surface area contributed by atoms with Gasteiger partial charge < -0.3 is 19.4 Å². The van der Waals surface area contributed by atoms with E-state index in [9.17, 15) is 9.59 Å². The van der Waals surface area contributed by atoms with Gasteiger partial charge in [0.2, 0.25) is 5.91 Å². The minimum atomic E-state index is -0.452. The van der Waals surface area contributed by atoms with Gasteiger partial charge in [0.15, 0.2) is 0 Å². The van der Waals surface area contributed by atoms with Gasteiger partial charge >= 0.3 is 5.97 Å². The van der Waals surface area contributed by atoms with Crippen molar-refractivity contribution in [3.8, 4) is 0 Å². The maximum Gasteiger partial charge on any atom is 0.333 e. The maximum absolute atomic E-state index is 13.5. The molecule has 1 atom stereocenters. The predicted molar refractivity (Wildman–Crippen MR) is 219 cm³/mol. The van der Waals surface area contributed by atoms with Crippen molar-refractivity contribution in [3.63, 3.8) is 0 Å². The molecular formula is C47H51N3O3. The van der Waals surface area contributed by atoms with Crippen LogP contribution in [0.5, 0.6) is 0 Å². The highest BCUT2D eigenvalue weighted by Crippen LogP contribution is 2.51. The second kappa shape index (κ2) is 13.6. The molecule has 0 radical (unpaired) electrons. The molecule has 0 saturated carbocycles. The molecule has 272 valence electrons. The van der Waals surface area contributed by atoms with Gasteiger partial charge in [-0.3, -0.25) is 4.79 Å². The van der Waals surface area contributed by atoms with Crippen LogP contribution >= 0.6 is 0 Å². The van der Waals surface area contributed by atoms with E-state index < -0.39 is 5.97 Å². The monoisotopic (exact) mass is 705 g/mol. The van der Waals surface area contributed by atoms with E-state index in [1.807, 2.05) is 0 Å². The molecule has 1 amide bonds. The van der Waals surface area contributed by atoms with Gasteiger partial charge in [-0.25, -0.2) is 4.79 Å². The lowest BCUT2D eigenvalue weighted by Gasteiger charge is -2.30.